The van der Waals surface area contributed by atoms with Gasteiger partial charge in [-0.25, -0.2) is 0 Å². The molecule has 0 fully saturated rings. The highest BCUT2D eigenvalue weighted by atomic mass is 16.1. The molecule has 1 rings (SSSR count). The van der Waals surface area contributed by atoms with Crippen LogP contribution in [0.4, 0.5) is 11.4 Å². The minimum Gasteiger partial charge on any atom is -0.399 e. The van der Waals surface area contributed by atoms with Crippen molar-refractivity contribution in [3.8, 4) is 0 Å². The second-order valence-corrected chi connectivity index (χ2v) is 5.83. The first-order valence-corrected chi connectivity index (χ1v) is 6.75. The maximum absolute atomic E-state index is 11.6. The van der Waals surface area contributed by atoms with Gasteiger partial charge in [-0.1, -0.05) is 27.7 Å². The van der Waals surface area contributed by atoms with Gasteiger partial charge in [-0.2, -0.15) is 0 Å². The first kappa shape index (κ1) is 15.3. The van der Waals surface area contributed by atoms with E-state index >= 15 is 0 Å². The summed E-state index contributed by atoms with van der Waals surface area (Å²) in [5.41, 5.74) is 13.3. The fourth-order valence-corrected chi connectivity index (χ4v) is 2.17. The zero-order chi connectivity index (χ0) is 14.6. The van der Waals surface area contributed by atoms with Gasteiger partial charge in [0.1, 0.15) is 0 Å². The number of nitrogens with two attached hydrogens (primary N) is 2. The Kier molecular flexibility index (Phi) is 5.21. The lowest BCUT2D eigenvalue weighted by Crippen LogP contribution is -2.33. The van der Waals surface area contributed by atoms with Crippen molar-refractivity contribution < 1.29 is 4.79 Å². The van der Waals surface area contributed by atoms with Gasteiger partial charge in [-0.15, -0.1) is 0 Å². The van der Waals surface area contributed by atoms with Crippen molar-refractivity contribution >= 4 is 17.3 Å². The van der Waals surface area contributed by atoms with Gasteiger partial charge in [0.15, 0.2) is 0 Å². The SMILES string of the molecule is CC(C)CN(CC(C)C)c1cc(N)ccc1C(N)=O. The van der Waals surface area contributed by atoms with Crippen molar-refractivity contribution in [2.24, 2.45) is 17.6 Å². The molecular formula is C15H25N3O. The van der Waals surface area contributed by atoms with Gasteiger partial charge < -0.3 is 16.4 Å². The fourth-order valence-electron chi connectivity index (χ4n) is 2.17. The number of anilines is 2. The van der Waals surface area contributed by atoms with Crippen molar-refractivity contribution in [3.05, 3.63) is 23.8 Å². The summed E-state index contributed by atoms with van der Waals surface area (Å²) in [6, 6.07) is 5.26. The number of nitrogens with zero attached hydrogens (tertiary/aromatic N) is 1. The molecule has 0 bridgehead atoms. The third kappa shape index (κ3) is 4.47. The molecule has 4 nitrogen and oxygen atoms in total. The van der Waals surface area contributed by atoms with E-state index in [1.807, 2.05) is 6.07 Å². The van der Waals surface area contributed by atoms with Crippen molar-refractivity contribution in [3.63, 3.8) is 0 Å². The summed E-state index contributed by atoms with van der Waals surface area (Å²) < 4.78 is 0. The van der Waals surface area contributed by atoms with Crippen molar-refractivity contribution in [2.45, 2.75) is 27.7 Å². The minimum atomic E-state index is -0.410. The van der Waals surface area contributed by atoms with Crippen LogP contribution in [0.3, 0.4) is 0 Å². The van der Waals surface area contributed by atoms with E-state index in [-0.39, 0.29) is 0 Å². The Morgan fingerprint density at radius 1 is 1.16 bits per heavy atom. The van der Waals surface area contributed by atoms with E-state index in [2.05, 4.69) is 32.6 Å². The number of carbonyl (C=O) groups is 1. The third-order valence-electron chi connectivity index (χ3n) is 2.80. The molecule has 0 aliphatic rings. The summed E-state index contributed by atoms with van der Waals surface area (Å²) >= 11 is 0. The van der Waals surface area contributed by atoms with Gasteiger partial charge >= 0.3 is 0 Å². The lowest BCUT2D eigenvalue weighted by Gasteiger charge is -2.30. The van der Waals surface area contributed by atoms with E-state index in [1.165, 1.54) is 0 Å². The molecule has 0 spiro atoms. The van der Waals surface area contributed by atoms with Crippen molar-refractivity contribution in [1.82, 2.24) is 0 Å². The molecule has 0 aromatic heterocycles. The summed E-state index contributed by atoms with van der Waals surface area (Å²) in [7, 11) is 0. The van der Waals surface area contributed by atoms with Crippen LogP contribution in [-0.4, -0.2) is 19.0 Å². The van der Waals surface area contributed by atoms with Gasteiger partial charge in [0.2, 0.25) is 0 Å². The van der Waals surface area contributed by atoms with Crippen molar-refractivity contribution in [1.29, 1.82) is 0 Å². The lowest BCUT2D eigenvalue weighted by molar-refractivity contribution is 0.100. The Morgan fingerprint density at radius 2 is 1.68 bits per heavy atom. The molecule has 0 unspecified atom stereocenters. The molecular weight excluding hydrogens is 238 g/mol. The lowest BCUT2D eigenvalue weighted by atomic mass is 10.1. The number of nitrogen functional groups attached to an aromatic ring is 1. The van der Waals surface area contributed by atoms with E-state index in [0.717, 1.165) is 18.8 Å². The fraction of sp³-hybridized carbons (Fsp3) is 0.533. The average Bonchev–Trinajstić information content (AvgIpc) is 2.26. The molecule has 106 valence electrons. The molecule has 19 heavy (non-hydrogen) atoms. The number of hydrogen-bond donors (Lipinski definition) is 2. The topological polar surface area (TPSA) is 72.3 Å². The number of carbonyl (C=O) groups excluding carboxylic acids is 1. The average molecular weight is 263 g/mol. The highest BCUT2D eigenvalue weighted by molar-refractivity contribution is 5.99. The van der Waals surface area contributed by atoms with Crippen LogP contribution in [0.15, 0.2) is 18.2 Å². The number of benzene rings is 1. The van der Waals surface area contributed by atoms with E-state index in [1.54, 1.807) is 12.1 Å². The van der Waals surface area contributed by atoms with Crippen LogP contribution in [0, 0.1) is 11.8 Å². The smallest absolute Gasteiger partial charge is 0.250 e. The van der Waals surface area contributed by atoms with Gasteiger partial charge in [0.05, 0.1) is 11.3 Å². The molecule has 0 radical (unpaired) electrons. The summed E-state index contributed by atoms with van der Waals surface area (Å²) in [5.74, 6) is 0.592. The molecule has 0 saturated carbocycles. The Bertz CT molecular complexity index is 431. The molecule has 0 aliphatic heterocycles. The minimum absolute atomic E-state index is 0.410. The number of primary amides is 1. The first-order valence-electron chi connectivity index (χ1n) is 6.75. The number of hydrogen-bond acceptors (Lipinski definition) is 3. The summed E-state index contributed by atoms with van der Waals surface area (Å²) in [5, 5.41) is 0. The first-order chi connectivity index (χ1) is 8.81. The standard InChI is InChI=1S/C15H25N3O/c1-10(2)8-18(9-11(3)4)14-7-12(16)5-6-13(14)15(17)19/h5-7,10-11H,8-9,16H2,1-4H3,(H2,17,19). The second-order valence-electron chi connectivity index (χ2n) is 5.83. The Morgan fingerprint density at radius 3 is 2.11 bits per heavy atom. The Labute approximate surface area is 115 Å². The van der Waals surface area contributed by atoms with Gasteiger partial charge in [-0.05, 0) is 30.0 Å². The third-order valence-corrected chi connectivity index (χ3v) is 2.80. The van der Waals surface area contributed by atoms with Crippen molar-refractivity contribution in [2.75, 3.05) is 23.7 Å². The zero-order valence-electron chi connectivity index (χ0n) is 12.3. The normalized spacial score (nSPS) is 11.1. The summed E-state index contributed by atoms with van der Waals surface area (Å²) in [4.78, 5) is 13.8. The predicted molar refractivity (Wildman–Crippen MR) is 81.3 cm³/mol. The van der Waals surface area contributed by atoms with Crippen LogP contribution in [0.1, 0.15) is 38.1 Å². The maximum atomic E-state index is 11.6. The molecule has 0 aliphatic carbocycles. The second kappa shape index (κ2) is 6.45. The van der Waals surface area contributed by atoms with Gasteiger partial charge in [0.25, 0.3) is 5.91 Å². The van der Waals surface area contributed by atoms with Crippen LogP contribution in [-0.2, 0) is 0 Å². The molecule has 1 aromatic rings. The monoisotopic (exact) mass is 263 g/mol. The van der Waals surface area contributed by atoms with Crippen LogP contribution >= 0.6 is 0 Å². The highest BCUT2D eigenvalue weighted by Crippen LogP contribution is 2.25. The van der Waals surface area contributed by atoms with Gasteiger partial charge in [0, 0.05) is 18.8 Å². The largest absolute Gasteiger partial charge is 0.399 e. The summed E-state index contributed by atoms with van der Waals surface area (Å²) in [6.45, 7) is 10.4. The van der Waals surface area contributed by atoms with Gasteiger partial charge in [-0.3, -0.25) is 4.79 Å². The molecule has 0 saturated heterocycles. The molecule has 1 amide bonds. The number of amides is 1. The van der Waals surface area contributed by atoms with E-state index in [9.17, 15) is 4.79 Å². The molecule has 1 aromatic carbocycles. The highest BCUT2D eigenvalue weighted by Gasteiger charge is 2.17. The number of rotatable bonds is 6. The Hall–Kier alpha value is -1.71. The van der Waals surface area contributed by atoms with Crippen LogP contribution in [0.5, 0.6) is 0 Å². The molecule has 4 N–H and O–H groups in total. The summed E-state index contributed by atoms with van der Waals surface area (Å²) in [6.07, 6.45) is 0. The molecule has 0 heterocycles. The van der Waals surface area contributed by atoms with E-state index < -0.39 is 5.91 Å². The van der Waals surface area contributed by atoms with E-state index in [4.69, 9.17) is 11.5 Å². The van der Waals surface area contributed by atoms with E-state index in [0.29, 0.717) is 23.1 Å². The molecule has 0 atom stereocenters. The predicted octanol–water partition coefficient (Wildman–Crippen LogP) is 2.49. The Balaban J connectivity index is 3.18. The van der Waals surface area contributed by atoms with Crippen LogP contribution in [0.25, 0.3) is 0 Å². The zero-order valence-corrected chi connectivity index (χ0v) is 12.3. The molecule has 4 heteroatoms. The quantitative estimate of drug-likeness (QED) is 0.774. The van der Waals surface area contributed by atoms with Crippen LogP contribution < -0.4 is 16.4 Å². The van der Waals surface area contributed by atoms with Crippen LogP contribution in [0.2, 0.25) is 0 Å². The maximum Gasteiger partial charge on any atom is 0.250 e.